The second kappa shape index (κ2) is 3.72. The van der Waals surface area contributed by atoms with Gasteiger partial charge in [-0.15, -0.1) is 11.8 Å². The minimum Gasteiger partial charge on any atom is -0.385 e. The van der Waals surface area contributed by atoms with Crippen LogP contribution in [-0.2, 0) is 0 Å². The van der Waals surface area contributed by atoms with Gasteiger partial charge in [0.1, 0.15) is 6.61 Å². The van der Waals surface area contributed by atoms with E-state index >= 15 is 0 Å². The van der Waals surface area contributed by atoms with Gasteiger partial charge < -0.3 is 5.11 Å². The Kier molecular flexibility index (Phi) is 2.61. The molecule has 0 bridgehead atoms. The van der Waals surface area contributed by atoms with E-state index in [2.05, 4.69) is 18.4 Å². The molecule has 0 saturated heterocycles. The Hall–Kier alpha value is -0.470. The minimum absolute atomic E-state index is 0.752. The van der Waals surface area contributed by atoms with Gasteiger partial charge in [-0.05, 0) is 42.2 Å². The highest BCUT2D eigenvalue weighted by Gasteiger charge is 2.25. The summed E-state index contributed by atoms with van der Waals surface area (Å²) in [6.07, 6.45) is 4.72. The summed E-state index contributed by atoms with van der Waals surface area (Å²) in [5.41, 5.74) is 2.33. The fourth-order valence-electron chi connectivity index (χ4n) is 1.55. The molecule has 13 heavy (non-hydrogen) atoms. The number of rotatable bonds is 3. The first-order valence-electron chi connectivity index (χ1n) is 4.50. The molecule has 0 aliphatic heterocycles. The van der Waals surface area contributed by atoms with Crippen molar-refractivity contribution in [1.82, 2.24) is 0 Å². The quantitative estimate of drug-likeness (QED) is 0.744. The van der Waals surface area contributed by atoms with Gasteiger partial charge in [0.15, 0.2) is 0 Å². The number of aliphatic hydroxyl groups is 1. The first-order valence-corrected chi connectivity index (χ1v) is 5.73. The second-order valence-corrected chi connectivity index (χ2v) is 4.25. The van der Waals surface area contributed by atoms with Crippen LogP contribution >= 0.6 is 11.8 Å². The summed E-state index contributed by atoms with van der Waals surface area (Å²) >= 11 is 1.79. The van der Waals surface area contributed by atoms with Gasteiger partial charge in [0, 0.05) is 4.90 Å². The van der Waals surface area contributed by atoms with Gasteiger partial charge in [-0.25, -0.2) is 0 Å². The molecule has 0 aromatic heterocycles. The molecule has 1 aliphatic carbocycles. The largest absolute Gasteiger partial charge is 0.385 e. The van der Waals surface area contributed by atoms with Gasteiger partial charge in [0.05, 0.1) is 0 Å². The first-order chi connectivity index (χ1) is 6.35. The maximum atomic E-state index is 8.90. The predicted octanol–water partition coefficient (Wildman–Crippen LogP) is 3.17. The van der Waals surface area contributed by atoms with Gasteiger partial charge >= 0.3 is 0 Å². The molecule has 2 heteroatoms. The van der Waals surface area contributed by atoms with E-state index in [0.717, 1.165) is 11.5 Å². The maximum absolute atomic E-state index is 8.90. The lowest BCUT2D eigenvalue weighted by Crippen LogP contribution is -1.88. The van der Waals surface area contributed by atoms with Crippen molar-refractivity contribution in [3.63, 3.8) is 0 Å². The molecular weight excluding hydrogens is 180 g/mol. The molecular formula is C11H13OS. The molecule has 69 valence electrons. The Morgan fingerprint density at radius 3 is 2.77 bits per heavy atom. The average molecular weight is 193 g/mol. The van der Waals surface area contributed by atoms with Crippen LogP contribution in [0.3, 0.4) is 0 Å². The topological polar surface area (TPSA) is 20.2 Å². The average Bonchev–Trinajstić information content (AvgIpc) is 3.00. The third-order valence-corrected chi connectivity index (χ3v) is 3.23. The molecule has 0 amide bonds. The predicted molar refractivity (Wildman–Crippen MR) is 55.5 cm³/mol. The zero-order chi connectivity index (χ0) is 9.26. The van der Waals surface area contributed by atoms with Gasteiger partial charge in [-0.2, -0.15) is 0 Å². The third kappa shape index (κ3) is 1.89. The monoisotopic (exact) mass is 193 g/mol. The molecule has 0 unspecified atom stereocenters. The highest BCUT2D eigenvalue weighted by atomic mass is 32.2. The Morgan fingerprint density at radius 2 is 2.23 bits per heavy atom. The molecule has 1 N–H and O–H groups in total. The number of benzene rings is 1. The zero-order valence-corrected chi connectivity index (χ0v) is 8.47. The fraction of sp³-hybridized carbons (Fsp3) is 0.364. The molecule has 2 rings (SSSR count). The van der Waals surface area contributed by atoms with Crippen LogP contribution in [0.25, 0.3) is 0 Å². The van der Waals surface area contributed by atoms with E-state index in [1.54, 1.807) is 11.8 Å². The molecule has 0 spiro atoms. The maximum Gasteiger partial charge on any atom is 0.109 e. The van der Waals surface area contributed by atoms with E-state index in [1.165, 1.54) is 29.9 Å². The Balaban J connectivity index is 2.35. The molecule has 1 saturated carbocycles. The normalized spacial score (nSPS) is 16.2. The lowest BCUT2D eigenvalue weighted by Gasteiger charge is -2.07. The van der Waals surface area contributed by atoms with Crippen LogP contribution in [-0.4, -0.2) is 11.4 Å². The molecule has 1 aromatic carbocycles. The third-order valence-electron chi connectivity index (χ3n) is 2.42. The van der Waals surface area contributed by atoms with Crippen LogP contribution < -0.4 is 0 Å². The fourth-order valence-corrected chi connectivity index (χ4v) is 2.21. The van der Waals surface area contributed by atoms with Crippen molar-refractivity contribution >= 4 is 11.8 Å². The molecule has 1 radical (unpaired) electrons. The molecule has 1 aliphatic rings. The van der Waals surface area contributed by atoms with Crippen molar-refractivity contribution < 1.29 is 5.11 Å². The van der Waals surface area contributed by atoms with E-state index in [9.17, 15) is 0 Å². The molecule has 1 nitrogen and oxygen atoms in total. The van der Waals surface area contributed by atoms with Crippen molar-refractivity contribution in [2.75, 3.05) is 6.26 Å². The van der Waals surface area contributed by atoms with Crippen LogP contribution in [0.4, 0.5) is 0 Å². The highest BCUT2D eigenvalue weighted by Crippen LogP contribution is 2.44. The minimum atomic E-state index is 0.752. The molecule has 0 atom stereocenters. The molecule has 0 heterocycles. The van der Waals surface area contributed by atoms with Crippen LogP contribution in [0.5, 0.6) is 0 Å². The molecule has 1 aromatic rings. The Morgan fingerprint density at radius 1 is 1.46 bits per heavy atom. The number of hydrogen-bond acceptors (Lipinski definition) is 2. The second-order valence-electron chi connectivity index (χ2n) is 3.40. The molecule has 1 fully saturated rings. The Labute approximate surface area is 83.2 Å². The first kappa shape index (κ1) is 9.10. The Bertz CT molecular complexity index is 305. The van der Waals surface area contributed by atoms with Crippen LogP contribution in [0, 0.1) is 6.61 Å². The SMILES string of the molecule is CSc1ccc([CH]O)cc1C1CC1. The van der Waals surface area contributed by atoms with Crippen LogP contribution in [0.2, 0.25) is 0 Å². The van der Waals surface area contributed by atoms with Crippen molar-refractivity contribution in [1.29, 1.82) is 0 Å². The van der Waals surface area contributed by atoms with Gasteiger partial charge in [-0.3, -0.25) is 0 Å². The summed E-state index contributed by atoms with van der Waals surface area (Å²) in [5, 5.41) is 8.90. The van der Waals surface area contributed by atoms with Gasteiger partial charge in [0.2, 0.25) is 0 Å². The number of hydrogen-bond donors (Lipinski definition) is 1. The smallest absolute Gasteiger partial charge is 0.109 e. The van der Waals surface area contributed by atoms with Crippen molar-refractivity contribution in [2.45, 2.75) is 23.7 Å². The lowest BCUT2D eigenvalue weighted by atomic mass is 10.1. The summed E-state index contributed by atoms with van der Waals surface area (Å²) in [6.45, 7) is 1.18. The summed E-state index contributed by atoms with van der Waals surface area (Å²) in [4.78, 5) is 1.35. The lowest BCUT2D eigenvalue weighted by molar-refractivity contribution is 0.414. The van der Waals surface area contributed by atoms with Gasteiger partial charge in [0.25, 0.3) is 0 Å². The van der Waals surface area contributed by atoms with Crippen molar-refractivity contribution in [2.24, 2.45) is 0 Å². The summed E-state index contributed by atoms with van der Waals surface area (Å²) in [7, 11) is 0. The van der Waals surface area contributed by atoms with E-state index in [0.29, 0.717) is 0 Å². The van der Waals surface area contributed by atoms with Gasteiger partial charge in [-0.1, -0.05) is 12.1 Å². The van der Waals surface area contributed by atoms with E-state index < -0.39 is 0 Å². The summed E-state index contributed by atoms with van der Waals surface area (Å²) in [5.74, 6) is 0.752. The number of aliphatic hydroxyl groups excluding tert-OH is 1. The zero-order valence-electron chi connectivity index (χ0n) is 7.66. The van der Waals surface area contributed by atoms with E-state index in [-0.39, 0.29) is 0 Å². The van der Waals surface area contributed by atoms with Crippen molar-refractivity contribution in [3.8, 4) is 0 Å². The van der Waals surface area contributed by atoms with Crippen LogP contribution in [0.15, 0.2) is 23.1 Å². The van der Waals surface area contributed by atoms with Crippen molar-refractivity contribution in [3.05, 3.63) is 35.9 Å². The van der Waals surface area contributed by atoms with Crippen LogP contribution in [0.1, 0.15) is 29.9 Å². The summed E-state index contributed by atoms with van der Waals surface area (Å²) in [6, 6.07) is 6.15. The van der Waals surface area contributed by atoms with E-state index in [1.807, 2.05) is 6.07 Å². The van der Waals surface area contributed by atoms with E-state index in [4.69, 9.17) is 5.11 Å². The standard InChI is InChI=1S/C11H13OS/c1-13-11-5-2-8(7-12)6-10(11)9-3-4-9/h2,5-7,9,12H,3-4H2,1H3. The number of thioether (sulfide) groups is 1. The summed E-state index contributed by atoms with van der Waals surface area (Å²) < 4.78 is 0. The highest BCUT2D eigenvalue weighted by molar-refractivity contribution is 7.98.